The molecule has 0 aromatic carbocycles. The summed E-state index contributed by atoms with van der Waals surface area (Å²) >= 11 is 0. The molecule has 0 aliphatic rings. The van der Waals surface area contributed by atoms with E-state index in [0.29, 0.717) is 17.1 Å². The topological polar surface area (TPSA) is 68.1 Å². The van der Waals surface area contributed by atoms with Crippen LogP contribution in [-0.4, -0.2) is 27.2 Å². The molecule has 2 rings (SSSR count). The average molecular weight is 231 g/mol. The molecular formula is C12H13N3O2. The first-order valence-electron chi connectivity index (χ1n) is 5.16. The molecule has 2 aromatic rings. The third-order valence-electron chi connectivity index (χ3n) is 2.33. The van der Waals surface area contributed by atoms with Crippen LogP contribution >= 0.6 is 0 Å². The van der Waals surface area contributed by atoms with Crippen LogP contribution in [-0.2, 0) is 0 Å². The fourth-order valence-electron chi connectivity index (χ4n) is 1.39. The van der Waals surface area contributed by atoms with E-state index >= 15 is 0 Å². The highest BCUT2D eigenvalue weighted by Crippen LogP contribution is 2.21. The molecule has 0 amide bonds. The van der Waals surface area contributed by atoms with E-state index in [4.69, 9.17) is 4.74 Å². The van der Waals surface area contributed by atoms with Gasteiger partial charge in [0.2, 0.25) is 0 Å². The molecule has 0 aliphatic heterocycles. The van der Waals surface area contributed by atoms with Gasteiger partial charge in [0.15, 0.2) is 5.82 Å². The molecule has 0 fully saturated rings. The second-order valence-corrected chi connectivity index (χ2v) is 3.68. The van der Waals surface area contributed by atoms with Crippen LogP contribution in [0.5, 0.6) is 5.75 Å². The summed E-state index contributed by atoms with van der Waals surface area (Å²) in [5.74, 6) is 0.944. The van der Waals surface area contributed by atoms with Crippen molar-refractivity contribution in [3.05, 3.63) is 47.8 Å². The highest BCUT2D eigenvalue weighted by molar-refractivity contribution is 5.28. The lowest BCUT2D eigenvalue weighted by Gasteiger charge is -2.10. The Morgan fingerprint density at radius 2 is 1.88 bits per heavy atom. The number of aliphatic hydroxyl groups is 1. The minimum Gasteiger partial charge on any atom is -0.495 e. The van der Waals surface area contributed by atoms with Gasteiger partial charge in [0, 0.05) is 24.2 Å². The number of pyridine rings is 1. The first-order chi connectivity index (χ1) is 8.20. The molecule has 88 valence electrons. The molecule has 0 spiro atoms. The van der Waals surface area contributed by atoms with Crippen molar-refractivity contribution < 1.29 is 9.84 Å². The summed E-state index contributed by atoms with van der Waals surface area (Å²) in [6.45, 7) is 1.89. The molecule has 0 aliphatic carbocycles. The van der Waals surface area contributed by atoms with Crippen LogP contribution in [0, 0.1) is 6.92 Å². The van der Waals surface area contributed by atoms with Crippen LogP contribution < -0.4 is 4.74 Å². The van der Waals surface area contributed by atoms with Crippen molar-refractivity contribution in [3.63, 3.8) is 0 Å². The zero-order chi connectivity index (χ0) is 12.3. The predicted octanol–water partition coefficient (Wildman–Crippen LogP) is 1.27. The van der Waals surface area contributed by atoms with Gasteiger partial charge >= 0.3 is 0 Å². The quantitative estimate of drug-likeness (QED) is 0.861. The lowest BCUT2D eigenvalue weighted by Crippen LogP contribution is -2.05. The highest BCUT2D eigenvalue weighted by atomic mass is 16.5. The zero-order valence-corrected chi connectivity index (χ0v) is 9.66. The van der Waals surface area contributed by atoms with Gasteiger partial charge in [-0.15, -0.1) is 0 Å². The molecule has 0 bridgehead atoms. The predicted molar refractivity (Wildman–Crippen MR) is 61.6 cm³/mol. The van der Waals surface area contributed by atoms with Gasteiger partial charge in [0.25, 0.3) is 0 Å². The number of ether oxygens (including phenoxy) is 1. The summed E-state index contributed by atoms with van der Waals surface area (Å²) in [6, 6.07) is 1.71. The van der Waals surface area contributed by atoms with E-state index in [1.165, 1.54) is 0 Å². The van der Waals surface area contributed by atoms with Crippen LogP contribution in [0.4, 0.5) is 0 Å². The number of hydrogen-bond acceptors (Lipinski definition) is 5. The molecular weight excluding hydrogens is 218 g/mol. The number of aryl methyl sites for hydroxylation is 1. The maximum absolute atomic E-state index is 10.1. The summed E-state index contributed by atoms with van der Waals surface area (Å²) < 4.78 is 5.05. The average Bonchev–Trinajstić information content (AvgIpc) is 2.39. The molecule has 5 nitrogen and oxygen atoms in total. The minimum absolute atomic E-state index is 0.352. The zero-order valence-electron chi connectivity index (χ0n) is 9.66. The van der Waals surface area contributed by atoms with Crippen molar-refractivity contribution in [1.82, 2.24) is 15.0 Å². The molecule has 0 radical (unpaired) electrons. The summed E-state index contributed by atoms with van der Waals surface area (Å²) in [5.41, 5.74) is 1.55. The van der Waals surface area contributed by atoms with Gasteiger partial charge in [0.05, 0.1) is 13.3 Å². The molecule has 17 heavy (non-hydrogen) atoms. The molecule has 2 heterocycles. The van der Waals surface area contributed by atoms with Crippen LogP contribution in [0.2, 0.25) is 0 Å². The monoisotopic (exact) mass is 231 g/mol. The summed E-state index contributed by atoms with van der Waals surface area (Å²) in [6.07, 6.45) is 5.58. The van der Waals surface area contributed by atoms with Gasteiger partial charge in [-0.3, -0.25) is 4.98 Å². The number of nitrogens with zero attached hydrogens (tertiary/aromatic N) is 3. The Hall–Kier alpha value is -2.01. The van der Waals surface area contributed by atoms with Crippen molar-refractivity contribution >= 4 is 0 Å². The van der Waals surface area contributed by atoms with Gasteiger partial charge in [-0.2, -0.15) is 0 Å². The van der Waals surface area contributed by atoms with E-state index in [-0.39, 0.29) is 0 Å². The maximum atomic E-state index is 10.1. The Labute approximate surface area is 99.2 Å². The Kier molecular flexibility index (Phi) is 3.30. The Bertz CT molecular complexity index is 499. The number of aromatic nitrogens is 3. The van der Waals surface area contributed by atoms with E-state index < -0.39 is 6.10 Å². The number of methoxy groups -OCH3 is 1. The Morgan fingerprint density at radius 3 is 2.53 bits per heavy atom. The van der Waals surface area contributed by atoms with Crippen molar-refractivity contribution in [2.75, 3.05) is 7.11 Å². The number of rotatable bonds is 3. The van der Waals surface area contributed by atoms with Gasteiger partial charge < -0.3 is 9.84 Å². The number of hydrogen-bond donors (Lipinski definition) is 1. The van der Waals surface area contributed by atoms with Gasteiger partial charge in [-0.05, 0) is 18.6 Å². The third kappa shape index (κ3) is 2.57. The lowest BCUT2D eigenvalue weighted by molar-refractivity contribution is 0.208. The van der Waals surface area contributed by atoms with Gasteiger partial charge in [0.1, 0.15) is 11.9 Å². The van der Waals surface area contributed by atoms with E-state index in [1.54, 1.807) is 38.0 Å². The molecule has 0 saturated carbocycles. The van der Waals surface area contributed by atoms with Crippen LogP contribution in [0.3, 0.4) is 0 Å². The van der Waals surface area contributed by atoms with E-state index in [9.17, 15) is 5.11 Å². The smallest absolute Gasteiger partial charge is 0.161 e. The summed E-state index contributed by atoms with van der Waals surface area (Å²) in [7, 11) is 1.55. The molecule has 1 atom stereocenters. The Balaban J connectivity index is 2.29. The highest BCUT2D eigenvalue weighted by Gasteiger charge is 2.14. The van der Waals surface area contributed by atoms with Crippen molar-refractivity contribution in [2.45, 2.75) is 13.0 Å². The fraction of sp³-hybridized carbons (Fsp3) is 0.250. The SMILES string of the molecule is COc1cncc(C(O)c2ncc(C)cn2)c1. The maximum Gasteiger partial charge on any atom is 0.161 e. The first-order valence-corrected chi connectivity index (χ1v) is 5.16. The summed E-state index contributed by atoms with van der Waals surface area (Å²) in [5, 5.41) is 10.1. The van der Waals surface area contributed by atoms with Crippen LogP contribution in [0.15, 0.2) is 30.9 Å². The van der Waals surface area contributed by atoms with E-state index in [1.807, 2.05) is 6.92 Å². The van der Waals surface area contributed by atoms with E-state index in [0.717, 1.165) is 5.56 Å². The lowest BCUT2D eigenvalue weighted by atomic mass is 10.1. The second-order valence-electron chi connectivity index (χ2n) is 3.68. The second kappa shape index (κ2) is 4.88. The first kappa shape index (κ1) is 11.5. The number of aliphatic hydroxyl groups excluding tert-OH is 1. The van der Waals surface area contributed by atoms with Crippen LogP contribution in [0.25, 0.3) is 0 Å². The normalized spacial score (nSPS) is 12.2. The van der Waals surface area contributed by atoms with Gasteiger partial charge in [-0.25, -0.2) is 9.97 Å². The van der Waals surface area contributed by atoms with Crippen LogP contribution in [0.1, 0.15) is 23.1 Å². The van der Waals surface area contributed by atoms with Crippen molar-refractivity contribution in [1.29, 1.82) is 0 Å². The largest absolute Gasteiger partial charge is 0.495 e. The van der Waals surface area contributed by atoms with Crippen molar-refractivity contribution in [3.8, 4) is 5.75 Å². The fourth-order valence-corrected chi connectivity index (χ4v) is 1.39. The third-order valence-corrected chi connectivity index (χ3v) is 2.33. The van der Waals surface area contributed by atoms with E-state index in [2.05, 4.69) is 15.0 Å². The standard InChI is InChI=1S/C12H13N3O2/c1-8-4-14-12(15-5-8)11(16)9-3-10(17-2)7-13-6-9/h3-7,11,16H,1-2H3. The molecule has 0 saturated heterocycles. The summed E-state index contributed by atoms with van der Waals surface area (Å²) in [4.78, 5) is 12.1. The molecule has 2 aromatic heterocycles. The molecule has 1 unspecified atom stereocenters. The van der Waals surface area contributed by atoms with Crippen molar-refractivity contribution in [2.24, 2.45) is 0 Å². The Morgan fingerprint density at radius 1 is 1.18 bits per heavy atom. The van der Waals surface area contributed by atoms with Gasteiger partial charge in [-0.1, -0.05) is 0 Å². The molecule has 1 N–H and O–H groups in total. The minimum atomic E-state index is -0.891. The molecule has 5 heteroatoms.